The predicted molar refractivity (Wildman–Crippen MR) is 90.0 cm³/mol. The van der Waals surface area contributed by atoms with E-state index in [-0.39, 0.29) is 0 Å². The molecule has 23 heavy (non-hydrogen) atoms. The van der Waals surface area contributed by atoms with Crippen molar-refractivity contribution in [2.24, 2.45) is 0 Å². The number of hydrogen-bond donors (Lipinski definition) is 0. The maximum atomic E-state index is 9.20. The van der Waals surface area contributed by atoms with Crippen molar-refractivity contribution < 1.29 is 4.42 Å². The highest BCUT2D eigenvalue weighted by atomic mass is 16.3. The van der Waals surface area contributed by atoms with Gasteiger partial charge in [-0.15, -0.1) is 0 Å². The van der Waals surface area contributed by atoms with E-state index in [9.17, 15) is 5.26 Å². The minimum Gasteiger partial charge on any atom is -0.465 e. The molecule has 5 heteroatoms. The van der Waals surface area contributed by atoms with E-state index in [2.05, 4.69) is 33.9 Å². The molecule has 0 aliphatic carbocycles. The number of pyridine rings is 1. The SMILES string of the molecule is C/C(=C\c1ccco1)CN1CCN(c2ncccc2C#N)CC1. The summed E-state index contributed by atoms with van der Waals surface area (Å²) in [6.07, 6.45) is 5.52. The molecule has 0 unspecified atom stereocenters. The van der Waals surface area contributed by atoms with Crippen LogP contribution >= 0.6 is 0 Å². The summed E-state index contributed by atoms with van der Waals surface area (Å²) in [4.78, 5) is 8.98. The summed E-state index contributed by atoms with van der Waals surface area (Å²) in [7, 11) is 0. The van der Waals surface area contributed by atoms with E-state index in [4.69, 9.17) is 4.42 Å². The smallest absolute Gasteiger partial charge is 0.146 e. The molecule has 1 aliphatic heterocycles. The zero-order valence-electron chi connectivity index (χ0n) is 13.3. The van der Waals surface area contributed by atoms with Crippen molar-refractivity contribution in [3.8, 4) is 6.07 Å². The van der Waals surface area contributed by atoms with Gasteiger partial charge in [-0.05, 0) is 37.3 Å². The van der Waals surface area contributed by atoms with Gasteiger partial charge in [-0.3, -0.25) is 4.90 Å². The van der Waals surface area contributed by atoms with Crippen molar-refractivity contribution in [1.82, 2.24) is 9.88 Å². The molecule has 0 atom stereocenters. The Labute approximate surface area is 136 Å². The molecule has 0 spiro atoms. The van der Waals surface area contributed by atoms with E-state index >= 15 is 0 Å². The summed E-state index contributed by atoms with van der Waals surface area (Å²) in [6, 6.07) is 9.72. The highest BCUT2D eigenvalue weighted by Gasteiger charge is 2.20. The summed E-state index contributed by atoms with van der Waals surface area (Å²) < 4.78 is 5.35. The van der Waals surface area contributed by atoms with Crippen molar-refractivity contribution in [2.45, 2.75) is 6.92 Å². The Kier molecular flexibility index (Phi) is 4.74. The van der Waals surface area contributed by atoms with Crippen LogP contribution in [0.15, 0.2) is 46.7 Å². The number of piperazine rings is 1. The molecule has 3 heterocycles. The van der Waals surface area contributed by atoms with Gasteiger partial charge in [0.2, 0.25) is 0 Å². The highest BCUT2D eigenvalue weighted by molar-refractivity contribution is 5.53. The number of nitrogens with zero attached hydrogens (tertiary/aromatic N) is 4. The molecule has 0 aromatic carbocycles. The van der Waals surface area contributed by atoms with Gasteiger partial charge < -0.3 is 9.32 Å². The Bertz CT molecular complexity index is 707. The maximum absolute atomic E-state index is 9.20. The molecule has 0 bridgehead atoms. The van der Waals surface area contributed by atoms with E-state index < -0.39 is 0 Å². The molecule has 0 amide bonds. The minimum absolute atomic E-state index is 0.648. The topological polar surface area (TPSA) is 56.3 Å². The van der Waals surface area contributed by atoms with Crippen LogP contribution in [-0.4, -0.2) is 42.6 Å². The lowest BCUT2D eigenvalue weighted by Crippen LogP contribution is -2.47. The maximum Gasteiger partial charge on any atom is 0.146 e. The second-order valence-corrected chi connectivity index (χ2v) is 5.76. The summed E-state index contributed by atoms with van der Waals surface area (Å²) in [5, 5.41) is 9.20. The van der Waals surface area contributed by atoms with Crippen LogP contribution in [0.3, 0.4) is 0 Å². The van der Waals surface area contributed by atoms with Crippen LogP contribution in [0.2, 0.25) is 0 Å². The van der Waals surface area contributed by atoms with Gasteiger partial charge in [0.1, 0.15) is 17.6 Å². The Morgan fingerprint density at radius 2 is 2.13 bits per heavy atom. The average Bonchev–Trinajstić information content (AvgIpc) is 3.08. The largest absolute Gasteiger partial charge is 0.465 e. The van der Waals surface area contributed by atoms with Gasteiger partial charge in [0, 0.05) is 38.9 Å². The lowest BCUT2D eigenvalue weighted by Gasteiger charge is -2.35. The second kappa shape index (κ2) is 7.12. The Balaban J connectivity index is 1.57. The van der Waals surface area contributed by atoms with Crippen LogP contribution in [0.25, 0.3) is 6.08 Å². The molecule has 0 radical (unpaired) electrons. The standard InChI is InChI=1S/C18H20N4O/c1-15(12-17-5-3-11-23-17)14-21-7-9-22(10-8-21)18-16(13-19)4-2-6-20-18/h2-6,11-12H,7-10,14H2,1H3/b15-12+. The fourth-order valence-corrected chi connectivity index (χ4v) is 2.87. The fraction of sp³-hybridized carbons (Fsp3) is 0.333. The normalized spacial score (nSPS) is 16.3. The van der Waals surface area contributed by atoms with Crippen molar-refractivity contribution in [3.63, 3.8) is 0 Å². The van der Waals surface area contributed by atoms with Gasteiger partial charge in [0.05, 0.1) is 11.8 Å². The first-order chi connectivity index (χ1) is 11.3. The van der Waals surface area contributed by atoms with Gasteiger partial charge in [-0.25, -0.2) is 4.98 Å². The molecular weight excluding hydrogens is 288 g/mol. The molecule has 3 rings (SSSR count). The molecule has 5 nitrogen and oxygen atoms in total. The van der Waals surface area contributed by atoms with Crippen molar-refractivity contribution in [2.75, 3.05) is 37.6 Å². The van der Waals surface area contributed by atoms with Gasteiger partial charge in [0.25, 0.3) is 0 Å². The summed E-state index contributed by atoms with van der Waals surface area (Å²) in [6.45, 7) is 6.76. The lowest BCUT2D eigenvalue weighted by atomic mass is 10.2. The van der Waals surface area contributed by atoms with E-state index in [1.54, 1.807) is 18.5 Å². The molecule has 1 fully saturated rings. The molecule has 1 aliphatic rings. The van der Waals surface area contributed by atoms with Crippen LogP contribution in [0.4, 0.5) is 5.82 Å². The quantitative estimate of drug-likeness (QED) is 0.869. The van der Waals surface area contributed by atoms with E-state index in [1.807, 2.05) is 18.2 Å². The second-order valence-electron chi connectivity index (χ2n) is 5.76. The van der Waals surface area contributed by atoms with Gasteiger partial charge in [0.15, 0.2) is 0 Å². The van der Waals surface area contributed by atoms with Gasteiger partial charge in [-0.2, -0.15) is 5.26 Å². The Hall–Kier alpha value is -2.58. The summed E-state index contributed by atoms with van der Waals surface area (Å²) in [5.74, 6) is 1.70. The zero-order chi connectivity index (χ0) is 16.1. The molecule has 2 aromatic heterocycles. The first kappa shape index (κ1) is 15.3. The highest BCUT2D eigenvalue weighted by Crippen LogP contribution is 2.18. The van der Waals surface area contributed by atoms with Crippen LogP contribution in [0.5, 0.6) is 0 Å². The molecule has 2 aromatic rings. The Morgan fingerprint density at radius 3 is 2.83 bits per heavy atom. The summed E-state index contributed by atoms with van der Waals surface area (Å²) in [5.41, 5.74) is 1.93. The molecule has 1 saturated heterocycles. The van der Waals surface area contributed by atoms with Crippen LogP contribution in [0, 0.1) is 11.3 Å². The number of hydrogen-bond acceptors (Lipinski definition) is 5. The van der Waals surface area contributed by atoms with Crippen LogP contribution < -0.4 is 4.90 Å². The first-order valence-electron chi connectivity index (χ1n) is 7.79. The molecular formula is C18H20N4O. The average molecular weight is 308 g/mol. The molecule has 0 saturated carbocycles. The third-order valence-electron chi connectivity index (χ3n) is 3.98. The van der Waals surface area contributed by atoms with E-state index in [0.717, 1.165) is 44.3 Å². The minimum atomic E-state index is 0.648. The molecule has 118 valence electrons. The number of rotatable bonds is 4. The van der Waals surface area contributed by atoms with E-state index in [0.29, 0.717) is 5.56 Å². The lowest BCUT2D eigenvalue weighted by molar-refractivity contribution is 0.278. The Morgan fingerprint density at radius 1 is 1.30 bits per heavy atom. The predicted octanol–water partition coefficient (Wildman–Crippen LogP) is 2.77. The van der Waals surface area contributed by atoms with Crippen LogP contribution in [-0.2, 0) is 0 Å². The third kappa shape index (κ3) is 3.79. The van der Waals surface area contributed by atoms with Gasteiger partial charge >= 0.3 is 0 Å². The van der Waals surface area contributed by atoms with Crippen molar-refractivity contribution in [1.29, 1.82) is 5.26 Å². The number of nitriles is 1. The number of anilines is 1. The summed E-state index contributed by atoms with van der Waals surface area (Å²) >= 11 is 0. The van der Waals surface area contributed by atoms with E-state index in [1.165, 1.54) is 5.57 Å². The van der Waals surface area contributed by atoms with Gasteiger partial charge in [-0.1, -0.05) is 5.57 Å². The number of aromatic nitrogens is 1. The third-order valence-corrected chi connectivity index (χ3v) is 3.98. The van der Waals surface area contributed by atoms with Crippen LogP contribution in [0.1, 0.15) is 18.2 Å². The monoisotopic (exact) mass is 308 g/mol. The number of furan rings is 1. The molecule has 0 N–H and O–H groups in total. The zero-order valence-corrected chi connectivity index (χ0v) is 13.3. The van der Waals surface area contributed by atoms with Crippen molar-refractivity contribution in [3.05, 3.63) is 53.6 Å². The van der Waals surface area contributed by atoms with Crippen molar-refractivity contribution >= 4 is 11.9 Å². The fourth-order valence-electron chi connectivity index (χ4n) is 2.87. The first-order valence-corrected chi connectivity index (χ1v) is 7.79.